The van der Waals surface area contributed by atoms with Crippen LogP contribution < -0.4 is 4.74 Å². The highest BCUT2D eigenvalue weighted by molar-refractivity contribution is 5.66. The Morgan fingerprint density at radius 1 is 1.12 bits per heavy atom. The van der Waals surface area contributed by atoms with Crippen molar-refractivity contribution >= 4 is 5.97 Å². The lowest BCUT2D eigenvalue weighted by Crippen LogP contribution is -2.39. The number of aliphatic carboxylic acids is 1. The van der Waals surface area contributed by atoms with Gasteiger partial charge in [-0.1, -0.05) is 72.8 Å². The van der Waals surface area contributed by atoms with Crippen LogP contribution in [0.4, 0.5) is 0 Å². The van der Waals surface area contributed by atoms with Gasteiger partial charge in [0.2, 0.25) is 0 Å². The Bertz CT molecular complexity index is 971. The maximum Gasteiger partial charge on any atom is 0.303 e. The molecule has 1 saturated carbocycles. The van der Waals surface area contributed by atoms with Gasteiger partial charge in [-0.3, -0.25) is 4.79 Å². The minimum atomic E-state index is -0.748. The molecular weight excluding hydrogens is 428 g/mol. The Kier molecular flexibility index (Phi) is 8.20. The van der Waals surface area contributed by atoms with Crippen molar-refractivity contribution in [1.82, 2.24) is 0 Å². The van der Waals surface area contributed by atoms with Crippen LogP contribution >= 0.6 is 0 Å². The van der Waals surface area contributed by atoms with Crippen LogP contribution in [0.3, 0.4) is 0 Å². The summed E-state index contributed by atoms with van der Waals surface area (Å²) in [7, 11) is 0. The maximum absolute atomic E-state index is 10.7. The van der Waals surface area contributed by atoms with E-state index in [-0.39, 0.29) is 30.5 Å². The Hall–Kier alpha value is -2.89. The third kappa shape index (κ3) is 5.78. The molecule has 0 amide bonds. The number of aliphatic hydroxyl groups is 1. The highest BCUT2D eigenvalue weighted by Gasteiger charge is 2.58. The van der Waals surface area contributed by atoms with E-state index >= 15 is 0 Å². The third-order valence-electron chi connectivity index (χ3n) is 7.11. The largest absolute Gasteiger partial charge is 0.491 e. The molecule has 2 unspecified atom stereocenters. The summed E-state index contributed by atoms with van der Waals surface area (Å²) in [6.07, 6.45) is 11.2. The number of benzene rings is 2. The van der Waals surface area contributed by atoms with Gasteiger partial charge in [-0.25, -0.2) is 0 Å². The van der Waals surface area contributed by atoms with Crippen LogP contribution in [0.2, 0.25) is 0 Å². The van der Waals surface area contributed by atoms with Crippen LogP contribution in [0.25, 0.3) is 0 Å². The molecule has 0 spiro atoms. The lowest BCUT2D eigenvalue weighted by molar-refractivity contribution is -0.137. The van der Waals surface area contributed by atoms with Crippen LogP contribution in [0.15, 0.2) is 85.0 Å². The molecule has 2 fully saturated rings. The second-order valence-corrected chi connectivity index (χ2v) is 9.33. The molecule has 2 aliphatic rings. The van der Waals surface area contributed by atoms with E-state index in [1.807, 2.05) is 42.5 Å². The molecule has 1 aliphatic carbocycles. The van der Waals surface area contributed by atoms with Crippen LogP contribution in [0.5, 0.6) is 5.75 Å². The van der Waals surface area contributed by atoms with Gasteiger partial charge in [0.25, 0.3) is 0 Å². The van der Waals surface area contributed by atoms with Crippen molar-refractivity contribution in [2.45, 2.75) is 49.7 Å². The number of carboxylic acid groups (broad SMARTS) is 1. The highest BCUT2D eigenvalue weighted by Crippen LogP contribution is 2.56. The number of fused-ring (bicyclic) bond motifs is 2. The summed E-state index contributed by atoms with van der Waals surface area (Å²) >= 11 is 0. The predicted molar refractivity (Wildman–Crippen MR) is 132 cm³/mol. The minimum Gasteiger partial charge on any atom is -0.491 e. The lowest BCUT2D eigenvalue weighted by atomic mass is 9.69. The normalized spacial score (nSPS) is 26.9. The van der Waals surface area contributed by atoms with E-state index < -0.39 is 12.1 Å². The summed E-state index contributed by atoms with van der Waals surface area (Å²) in [5, 5.41) is 19.4. The molecule has 2 bridgehead atoms. The fraction of sp³-hybridized carbons (Fsp3) is 0.414. The number of rotatable bonds is 12. The molecule has 5 atom stereocenters. The monoisotopic (exact) mass is 462 g/mol. The molecule has 0 radical (unpaired) electrons. The average Bonchev–Trinajstić information content (AvgIpc) is 3.43. The summed E-state index contributed by atoms with van der Waals surface area (Å²) in [4.78, 5) is 10.7. The zero-order valence-electron chi connectivity index (χ0n) is 19.5. The summed E-state index contributed by atoms with van der Waals surface area (Å²) < 4.78 is 11.9. The number of allylic oxidation sites excluding steroid dienone is 2. The van der Waals surface area contributed by atoms with Crippen LogP contribution in [0.1, 0.15) is 37.7 Å². The number of ether oxygens (including phenoxy) is 2. The second-order valence-electron chi connectivity index (χ2n) is 9.33. The molecule has 180 valence electrons. The number of hydrogen-bond acceptors (Lipinski definition) is 4. The van der Waals surface area contributed by atoms with E-state index in [1.165, 1.54) is 5.56 Å². The van der Waals surface area contributed by atoms with Crippen molar-refractivity contribution < 1.29 is 24.5 Å². The Labute approximate surface area is 201 Å². The standard InChI is InChI=1S/C29H34O5/c30-23(20-33-24-13-7-4-8-14-24)17-18-25-26(15-9-1-2-10-16-28(31)32)29(19-27(25)34-21-29)22-11-5-3-6-12-22/h1,3-9,11-14,17-18,23,25-27,30H,2,10,15-16,19-21H2,(H,31,32)/b9-1-,18-17+/t23-,25?,26?,27+,29+/m0/s1. The molecule has 1 aliphatic heterocycles. The van der Waals surface area contributed by atoms with Gasteiger partial charge in [0.05, 0.1) is 12.7 Å². The molecule has 1 saturated heterocycles. The first-order chi connectivity index (χ1) is 16.6. The van der Waals surface area contributed by atoms with Crippen LogP contribution in [-0.2, 0) is 14.9 Å². The maximum atomic E-state index is 10.7. The number of carboxylic acids is 1. The molecule has 34 heavy (non-hydrogen) atoms. The van der Waals surface area contributed by atoms with Gasteiger partial charge in [0, 0.05) is 17.8 Å². The van der Waals surface area contributed by atoms with Crippen molar-refractivity contribution in [3.05, 3.63) is 90.5 Å². The van der Waals surface area contributed by atoms with Crippen LogP contribution in [-0.4, -0.2) is 41.6 Å². The zero-order chi connectivity index (χ0) is 23.8. The lowest BCUT2D eigenvalue weighted by Gasteiger charge is -2.38. The Balaban J connectivity index is 1.44. The van der Waals surface area contributed by atoms with Crippen molar-refractivity contribution in [2.24, 2.45) is 11.8 Å². The van der Waals surface area contributed by atoms with Gasteiger partial charge < -0.3 is 19.7 Å². The molecule has 0 aromatic heterocycles. The van der Waals surface area contributed by atoms with Crippen molar-refractivity contribution in [1.29, 1.82) is 0 Å². The number of hydrogen-bond donors (Lipinski definition) is 2. The molecule has 5 nitrogen and oxygen atoms in total. The molecule has 2 N–H and O–H groups in total. The number of aliphatic hydroxyl groups excluding tert-OH is 1. The first-order valence-electron chi connectivity index (χ1n) is 12.2. The predicted octanol–water partition coefficient (Wildman–Crippen LogP) is 5.16. The van der Waals surface area contributed by atoms with Gasteiger partial charge in [-0.05, 0) is 49.3 Å². The quantitative estimate of drug-likeness (QED) is 0.337. The highest BCUT2D eigenvalue weighted by atomic mass is 16.5. The third-order valence-corrected chi connectivity index (χ3v) is 7.11. The SMILES string of the molecule is O=C(O)CCC/C=C\CC1C(/C=C/[C@H](O)COc2ccccc2)[C@H]2C[C@]1(c1ccccc1)CO2. The van der Waals surface area contributed by atoms with E-state index in [2.05, 4.69) is 42.5 Å². The molecule has 4 rings (SSSR count). The summed E-state index contributed by atoms with van der Waals surface area (Å²) in [6.45, 7) is 0.917. The second kappa shape index (κ2) is 11.5. The van der Waals surface area contributed by atoms with Gasteiger partial charge in [-0.15, -0.1) is 0 Å². The summed E-state index contributed by atoms with van der Waals surface area (Å²) in [5.41, 5.74) is 1.27. The van der Waals surface area contributed by atoms with E-state index in [9.17, 15) is 9.90 Å². The van der Waals surface area contributed by atoms with Gasteiger partial charge in [0.15, 0.2) is 0 Å². The van der Waals surface area contributed by atoms with Crippen molar-refractivity contribution in [2.75, 3.05) is 13.2 Å². The molecule has 2 aromatic rings. The molecule has 5 heteroatoms. The fourth-order valence-corrected chi connectivity index (χ4v) is 5.43. The summed E-state index contributed by atoms with van der Waals surface area (Å²) in [6, 6.07) is 20.1. The number of unbranched alkanes of at least 4 members (excludes halogenated alkanes) is 1. The molecule has 2 aromatic carbocycles. The van der Waals surface area contributed by atoms with Crippen LogP contribution in [0, 0.1) is 11.8 Å². The topological polar surface area (TPSA) is 76.0 Å². The van der Waals surface area contributed by atoms with Gasteiger partial charge >= 0.3 is 5.97 Å². The van der Waals surface area contributed by atoms with Crippen molar-refractivity contribution in [3.8, 4) is 5.75 Å². The fourth-order valence-electron chi connectivity index (χ4n) is 5.43. The van der Waals surface area contributed by atoms with E-state index in [1.54, 1.807) is 0 Å². The number of carbonyl (C=O) groups is 1. The Morgan fingerprint density at radius 2 is 1.85 bits per heavy atom. The zero-order valence-corrected chi connectivity index (χ0v) is 19.5. The molecule has 1 heterocycles. The van der Waals surface area contributed by atoms with E-state index in [4.69, 9.17) is 14.6 Å². The smallest absolute Gasteiger partial charge is 0.303 e. The Morgan fingerprint density at radius 3 is 2.59 bits per heavy atom. The van der Waals surface area contributed by atoms with Gasteiger partial charge in [0.1, 0.15) is 18.5 Å². The average molecular weight is 463 g/mol. The summed E-state index contributed by atoms with van der Waals surface area (Å²) in [5.74, 6) is 0.542. The minimum absolute atomic E-state index is 0.0438. The van der Waals surface area contributed by atoms with Crippen molar-refractivity contribution in [3.63, 3.8) is 0 Å². The van der Waals surface area contributed by atoms with E-state index in [0.717, 1.165) is 25.0 Å². The van der Waals surface area contributed by atoms with E-state index in [0.29, 0.717) is 18.9 Å². The van der Waals surface area contributed by atoms with Gasteiger partial charge in [-0.2, -0.15) is 0 Å². The molecular formula is C29H34O5. The first kappa shape index (κ1) is 24.2. The first-order valence-corrected chi connectivity index (χ1v) is 12.2. The number of para-hydroxylation sites is 1.